The van der Waals surface area contributed by atoms with Gasteiger partial charge in [0.15, 0.2) is 0 Å². The predicted molar refractivity (Wildman–Crippen MR) is 216 cm³/mol. The Labute approximate surface area is 331 Å². The van der Waals surface area contributed by atoms with Crippen LogP contribution >= 0.6 is 0 Å². The number of likely N-dealkylation sites (tertiary alicyclic amines) is 1. The van der Waals surface area contributed by atoms with Crippen molar-refractivity contribution in [1.29, 1.82) is 0 Å². The second kappa shape index (κ2) is 17.2. The Kier molecular flexibility index (Phi) is 11.5. The number of benzene rings is 4. The molecule has 2 bridgehead atoms. The number of rotatable bonds is 12. The van der Waals surface area contributed by atoms with Crippen LogP contribution in [-0.2, 0) is 11.3 Å². The van der Waals surface area contributed by atoms with Gasteiger partial charge in [0.2, 0.25) is 5.56 Å². The fraction of sp³-hybridized carbons (Fsp3) is 0.356. The molecule has 4 fully saturated rings. The number of aliphatic hydroxyl groups is 1. The normalized spacial score (nSPS) is 20.5. The molecule has 12 nitrogen and oxygen atoms in total. The van der Waals surface area contributed by atoms with Crippen LogP contribution in [0.3, 0.4) is 0 Å². The van der Waals surface area contributed by atoms with E-state index in [2.05, 4.69) is 20.5 Å². The summed E-state index contributed by atoms with van der Waals surface area (Å²) < 4.78 is 12.2. The van der Waals surface area contributed by atoms with Crippen molar-refractivity contribution in [3.8, 4) is 11.5 Å². The molecule has 2 amide bonds. The Bertz CT molecular complexity index is 2230. The number of nitrogens with zero attached hydrogens (tertiary/aromatic N) is 2. The van der Waals surface area contributed by atoms with Crippen molar-refractivity contribution in [1.82, 2.24) is 25.4 Å². The summed E-state index contributed by atoms with van der Waals surface area (Å²) in [6.45, 7) is 4.74. The smallest absolute Gasteiger partial charge is 0.408 e. The molecule has 9 rings (SSSR count). The van der Waals surface area contributed by atoms with Crippen molar-refractivity contribution in [3.05, 3.63) is 141 Å². The number of ether oxygens (including phenoxy) is 2. The van der Waals surface area contributed by atoms with Crippen LogP contribution in [0.1, 0.15) is 70.4 Å². The van der Waals surface area contributed by atoms with Gasteiger partial charge in [0.05, 0.1) is 17.7 Å². The third-order valence-corrected chi connectivity index (χ3v) is 11.7. The van der Waals surface area contributed by atoms with E-state index in [-0.39, 0.29) is 29.4 Å². The Morgan fingerprint density at radius 1 is 0.842 bits per heavy atom. The number of amides is 2. The van der Waals surface area contributed by atoms with E-state index in [0.29, 0.717) is 59.9 Å². The highest BCUT2D eigenvalue weighted by atomic mass is 16.6. The average Bonchev–Trinajstić information content (AvgIpc) is 3.25. The zero-order chi connectivity index (χ0) is 39.3. The number of piperidine rings is 4. The van der Waals surface area contributed by atoms with Crippen LogP contribution in [0.5, 0.6) is 11.5 Å². The number of aromatic nitrogens is 1. The summed E-state index contributed by atoms with van der Waals surface area (Å²) >= 11 is 0. The largest absolute Gasteiger partial charge is 0.506 e. The molecule has 0 radical (unpaired) electrons. The van der Waals surface area contributed by atoms with Crippen LogP contribution in [-0.4, -0.2) is 88.4 Å². The highest BCUT2D eigenvalue weighted by Gasteiger charge is 2.37. The van der Waals surface area contributed by atoms with E-state index in [4.69, 9.17) is 9.47 Å². The molecule has 5 N–H and O–H groups in total. The van der Waals surface area contributed by atoms with Gasteiger partial charge in [-0.2, -0.15) is 0 Å². The van der Waals surface area contributed by atoms with Gasteiger partial charge in [-0.15, -0.1) is 0 Å². The first kappa shape index (κ1) is 38.2. The third kappa shape index (κ3) is 8.99. The lowest BCUT2D eigenvalue weighted by Gasteiger charge is -2.43. The number of hydrogen-bond donors (Lipinski definition) is 5. The highest BCUT2D eigenvalue weighted by Crippen LogP contribution is 2.32. The van der Waals surface area contributed by atoms with E-state index in [9.17, 15) is 24.6 Å². The summed E-state index contributed by atoms with van der Waals surface area (Å²) in [5.74, 6) is 1.02. The van der Waals surface area contributed by atoms with Crippen molar-refractivity contribution in [3.63, 3.8) is 0 Å². The molecule has 4 aromatic carbocycles. The number of aromatic amines is 1. The Morgan fingerprint density at radius 3 is 2.33 bits per heavy atom. The molecule has 5 heterocycles. The zero-order valence-electron chi connectivity index (χ0n) is 31.8. The van der Waals surface area contributed by atoms with E-state index in [1.54, 1.807) is 12.1 Å². The minimum atomic E-state index is -0.844. The summed E-state index contributed by atoms with van der Waals surface area (Å²) in [5, 5.41) is 28.3. The van der Waals surface area contributed by atoms with Crippen LogP contribution in [0.2, 0.25) is 0 Å². The number of pyridine rings is 1. The van der Waals surface area contributed by atoms with Crippen molar-refractivity contribution in [2.24, 2.45) is 5.92 Å². The number of aliphatic hydroxyl groups excluding tert-OH is 1. The van der Waals surface area contributed by atoms with Gasteiger partial charge < -0.3 is 40.2 Å². The van der Waals surface area contributed by atoms with Crippen molar-refractivity contribution in [2.45, 2.75) is 56.6 Å². The molecular weight excluding hydrogens is 723 g/mol. The molecule has 4 aliphatic rings. The van der Waals surface area contributed by atoms with E-state index in [0.717, 1.165) is 62.0 Å². The fourth-order valence-corrected chi connectivity index (χ4v) is 8.44. The number of H-pyrrole nitrogens is 1. The molecule has 0 aliphatic carbocycles. The molecule has 1 unspecified atom stereocenters. The first-order valence-corrected chi connectivity index (χ1v) is 19.9. The van der Waals surface area contributed by atoms with Crippen LogP contribution in [0, 0.1) is 5.92 Å². The van der Waals surface area contributed by atoms with E-state index in [1.165, 1.54) is 12.1 Å². The molecule has 57 heavy (non-hydrogen) atoms. The first-order chi connectivity index (χ1) is 27.8. The van der Waals surface area contributed by atoms with Crippen LogP contribution < -0.4 is 20.9 Å². The lowest BCUT2D eigenvalue weighted by atomic mass is 9.86. The number of hydrogen-bond acceptors (Lipinski definition) is 9. The standard InChI is InChI=1S/C45H49N5O7/c51-38-15-13-36(37-14-16-41(53)47-43(37)38)39(52)26-46-34-19-23-50(24-20-34)44(54)32-11-9-29(10-12-32)28-56-35-8-4-7-33(25-35)42(31-5-2-1-3-6-31)48-45(55)57-40-27-49-21-17-30(40)18-22-49/h1-16,25,30,34,39-40,42,46,51-52H,17-24,26-28H2,(H,47,53)(H,48,55)/t39-,40+,42?/m1/s1. The molecule has 0 saturated carbocycles. The van der Waals surface area contributed by atoms with Crippen molar-refractivity contribution in [2.75, 3.05) is 39.3 Å². The first-order valence-electron chi connectivity index (χ1n) is 19.9. The quantitative estimate of drug-likeness (QED) is 0.108. The number of phenolic OH excluding ortho intramolecular Hbond substituents is 1. The minimum absolute atomic E-state index is 0.0234. The second-order valence-corrected chi connectivity index (χ2v) is 15.4. The van der Waals surface area contributed by atoms with Crippen LogP contribution in [0.4, 0.5) is 4.79 Å². The number of alkyl carbamates (subject to hydrolysis) is 1. The van der Waals surface area contributed by atoms with Crippen molar-refractivity contribution >= 4 is 22.9 Å². The van der Waals surface area contributed by atoms with Gasteiger partial charge in [-0.3, -0.25) is 14.5 Å². The average molecular weight is 772 g/mol. The lowest BCUT2D eigenvalue weighted by Crippen LogP contribution is -2.52. The van der Waals surface area contributed by atoms with Gasteiger partial charge in [0, 0.05) is 49.2 Å². The number of fused-ring (bicyclic) bond motifs is 4. The minimum Gasteiger partial charge on any atom is -0.506 e. The van der Waals surface area contributed by atoms with Gasteiger partial charge in [0.1, 0.15) is 24.2 Å². The molecule has 12 heteroatoms. The maximum absolute atomic E-state index is 13.4. The summed E-state index contributed by atoms with van der Waals surface area (Å²) in [6.07, 6.45) is 2.28. The molecule has 0 spiro atoms. The maximum atomic E-state index is 13.4. The van der Waals surface area contributed by atoms with E-state index >= 15 is 0 Å². The second-order valence-electron chi connectivity index (χ2n) is 15.4. The Morgan fingerprint density at radius 2 is 1.60 bits per heavy atom. The van der Waals surface area contributed by atoms with Gasteiger partial charge in [-0.1, -0.05) is 60.7 Å². The molecule has 1 aromatic heterocycles. The summed E-state index contributed by atoms with van der Waals surface area (Å²) in [4.78, 5) is 45.3. The zero-order valence-corrected chi connectivity index (χ0v) is 31.8. The highest BCUT2D eigenvalue weighted by molar-refractivity contribution is 5.94. The van der Waals surface area contributed by atoms with Crippen LogP contribution in [0.25, 0.3) is 10.9 Å². The number of carbonyl (C=O) groups excluding carboxylic acids is 2. The summed E-state index contributed by atoms with van der Waals surface area (Å²) in [7, 11) is 0. The molecule has 4 aliphatic heterocycles. The third-order valence-electron chi connectivity index (χ3n) is 11.7. The molecule has 296 valence electrons. The number of nitrogens with one attached hydrogen (secondary N) is 3. The van der Waals surface area contributed by atoms with E-state index in [1.807, 2.05) is 83.8 Å². The van der Waals surface area contributed by atoms with Gasteiger partial charge in [-0.05, 0) is 103 Å². The molecular formula is C45H49N5O7. The molecule has 3 atom stereocenters. The summed E-state index contributed by atoms with van der Waals surface area (Å²) in [5.41, 5.74) is 3.95. The fourth-order valence-electron chi connectivity index (χ4n) is 8.44. The number of aromatic hydroxyl groups is 1. The lowest BCUT2D eigenvalue weighted by molar-refractivity contribution is -0.0336. The maximum Gasteiger partial charge on any atom is 0.408 e. The molecule has 5 aromatic rings. The predicted octanol–water partition coefficient (Wildman–Crippen LogP) is 5.65. The number of carbonyl (C=O) groups is 2. The van der Waals surface area contributed by atoms with Gasteiger partial charge in [0.25, 0.3) is 5.91 Å². The Hall–Kier alpha value is -5.69. The van der Waals surface area contributed by atoms with Crippen LogP contribution in [0.15, 0.2) is 108 Å². The topological polar surface area (TPSA) is 156 Å². The van der Waals surface area contributed by atoms with Gasteiger partial charge in [-0.25, -0.2) is 4.79 Å². The summed E-state index contributed by atoms with van der Waals surface area (Å²) in [6, 6.07) is 30.9. The molecule has 4 saturated heterocycles. The van der Waals surface area contributed by atoms with Crippen molar-refractivity contribution < 1.29 is 29.3 Å². The number of phenols is 1. The van der Waals surface area contributed by atoms with E-state index < -0.39 is 18.2 Å². The van der Waals surface area contributed by atoms with Gasteiger partial charge >= 0.3 is 6.09 Å². The monoisotopic (exact) mass is 771 g/mol. The SMILES string of the molecule is O=C(NC(c1ccccc1)c1cccc(OCc2ccc(C(=O)N3CCC(NC[C@@H](O)c4ccc(O)c5[nH]c(=O)ccc45)CC3)cc2)c1)O[C@H]1CN2CCC1CC2. The Balaban J connectivity index is 0.825.